The second-order valence-corrected chi connectivity index (χ2v) is 10.7. The average Bonchev–Trinajstić information content (AvgIpc) is 2.49. The van der Waals surface area contributed by atoms with Gasteiger partial charge in [0, 0.05) is 6.61 Å². The van der Waals surface area contributed by atoms with Gasteiger partial charge in [-0.1, -0.05) is 88.4 Å². The molecular weight excluding hydrogens is 279 g/mol. The molecule has 2 aromatic rings. The Labute approximate surface area is 148 Å². The van der Waals surface area contributed by atoms with E-state index in [2.05, 4.69) is 88.4 Å². The Morgan fingerprint density at radius 3 is 1.59 bits per heavy atom. The van der Waals surface area contributed by atoms with Crippen molar-refractivity contribution in [1.29, 1.82) is 0 Å². The summed E-state index contributed by atoms with van der Waals surface area (Å²) in [6.45, 7) is 11.5. The third-order valence-corrected chi connectivity index (χ3v) is 8.92. The number of hydrogen-bond acceptors (Lipinski definition) is 1. The van der Waals surface area contributed by atoms with Crippen molar-refractivity contribution in [3.05, 3.63) is 67.6 Å². The van der Waals surface area contributed by atoms with Crippen molar-refractivity contribution in [3.63, 3.8) is 0 Å². The molecule has 0 aliphatic heterocycles. The summed E-state index contributed by atoms with van der Waals surface area (Å²) in [5, 5.41) is 2.72. The molecule has 113 valence electrons. The molecule has 0 spiro atoms. The van der Waals surface area contributed by atoms with E-state index in [1.54, 1.807) is 0 Å². The molecule has 0 amide bonds. The maximum atomic E-state index is 6.59. The van der Waals surface area contributed by atoms with Gasteiger partial charge in [0.25, 0.3) is 8.32 Å². The number of rotatable bonds is 5. The van der Waals surface area contributed by atoms with Crippen LogP contribution in [0, 0.1) is 6.92 Å². The first kappa shape index (κ1) is 19.3. The Balaban J connectivity index is 0.00000242. The van der Waals surface area contributed by atoms with E-state index in [4.69, 9.17) is 4.43 Å². The maximum absolute atomic E-state index is 6.59. The Bertz CT molecular complexity index is 509. The molecule has 0 bridgehead atoms. The summed E-state index contributed by atoms with van der Waals surface area (Å²) >= 11 is 0. The van der Waals surface area contributed by atoms with Gasteiger partial charge >= 0.3 is 18.9 Å². The summed E-state index contributed by atoms with van der Waals surface area (Å²) in [4.78, 5) is 0. The molecule has 1 radical (unpaired) electrons. The van der Waals surface area contributed by atoms with Crippen LogP contribution in [0.4, 0.5) is 0 Å². The average molecular weight is 305 g/mol. The van der Waals surface area contributed by atoms with Crippen LogP contribution in [0.15, 0.2) is 60.7 Å². The van der Waals surface area contributed by atoms with Crippen molar-refractivity contribution in [2.45, 2.75) is 32.2 Å². The fourth-order valence-corrected chi connectivity index (χ4v) is 7.59. The van der Waals surface area contributed by atoms with Gasteiger partial charge in [0.05, 0.1) is 0 Å². The molecule has 0 saturated carbocycles. The summed E-state index contributed by atoms with van der Waals surface area (Å²) in [7, 11) is -2.31. The van der Waals surface area contributed by atoms with Gasteiger partial charge in [-0.2, -0.15) is 0 Å². The van der Waals surface area contributed by atoms with E-state index < -0.39 is 8.32 Å². The molecule has 0 heterocycles. The van der Waals surface area contributed by atoms with Gasteiger partial charge in [0.15, 0.2) is 0 Å². The fraction of sp³-hybridized carbons (Fsp3) is 0.316. The van der Waals surface area contributed by atoms with Gasteiger partial charge < -0.3 is 4.43 Å². The minimum atomic E-state index is -2.31. The summed E-state index contributed by atoms with van der Waals surface area (Å²) in [5.41, 5.74) is 0. The van der Waals surface area contributed by atoms with Crippen LogP contribution in [0.25, 0.3) is 0 Å². The third-order valence-electron chi connectivity index (χ3n) is 3.88. The first-order chi connectivity index (χ1) is 10.0. The van der Waals surface area contributed by atoms with E-state index in [9.17, 15) is 0 Å². The standard InChI is InChI=1S/C19H25OSi.Li.H/c1-5-16-20-21(19(2,3)4,17-12-8-6-9-13-17)18-14-10-7-11-15-18;;/h6-15H,1,5,16H2,2-4H3;;. The molecule has 2 rings (SSSR count). The van der Waals surface area contributed by atoms with Gasteiger partial charge in [0.1, 0.15) is 0 Å². The normalized spacial score (nSPS) is 11.8. The van der Waals surface area contributed by atoms with Crippen molar-refractivity contribution in [3.8, 4) is 0 Å². The number of hydrogen-bond donors (Lipinski definition) is 0. The van der Waals surface area contributed by atoms with E-state index in [1.807, 2.05) is 0 Å². The minimum absolute atomic E-state index is 0. The first-order valence-corrected chi connectivity index (χ1v) is 9.47. The van der Waals surface area contributed by atoms with Crippen LogP contribution < -0.4 is 10.4 Å². The Hall–Kier alpha value is -0.786. The van der Waals surface area contributed by atoms with Crippen molar-refractivity contribution in [2.75, 3.05) is 6.61 Å². The van der Waals surface area contributed by atoms with Crippen LogP contribution in [0.2, 0.25) is 5.04 Å². The molecule has 1 nitrogen and oxygen atoms in total. The molecule has 0 aliphatic rings. The molecule has 0 unspecified atom stereocenters. The van der Waals surface area contributed by atoms with E-state index in [0.29, 0.717) is 6.61 Å². The van der Waals surface area contributed by atoms with Crippen LogP contribution in [-0.4, -0.2) is 33.8 Å². The topological polar surface area (TPSA) is 9.23 Å². The van der Waals surface area contributed by atoms with Gasteiger partial charge in [-0.25, -0.2) is 0 Å². The van der Waals surface area contributed by atoms with Gasteiger partial charge in [0.2, 0.25) is 0 Å². The van der Waals surface area contributed by atoms with Crippen LogP contribution in [0.3, 0.4) is 0 Å². The quantitative estimate of drug-likeness (QED) is 0.771. The molecule has 0 saturated heterocycles. The SMILES string of the molecule is [CH2]CCO[Si](c1ccccc1)(c1ccccc1)C(C)(C)C.[LiH]. The Morgan fingerprint density at radius 2 is 1.27 bits per heavy atom. The molecule has 0 N–H and O–H groups in total. The van der Waals surface area contributed by atoms with Gasteiger partial charge in [-0.05, 0) is 21.8 Å². The molecule has 0 fully saturated rings. The number of benzene rings is 2. The van der Waals surface area contributed by atoms with Crippen molar-refractivity contribution < 1.29 is 4.43 Å². The molecule has 0 atom stereocenters. The van der Waals surface area contributed by atoms with E-state index >= 15 is 0 Å². The van der Waals surface area contributed by atoms with Crippen molar-refractivity contribution >= 4 is 37.6 Å². The van der Waals surface area contributed by atoms with E-state index in [-0.39, 0.29) is 23.9 Å². The van der Waals surface area contributed by atoms with Crippen LogP contribution in [0.5, 0.6) is 0 Å². The first-order valence-electron chi connectivity index (χ1n) is 7.56. The van der Waals surface area contributed by atoms with Crippen LogP contribution in [-0.2, 0) is 4.43 Å². The second-order valence-electron chi connectivity index (χ2n) is 6.37. The molecule has 3 heteroatoms. The van der Waals surface area contributed by atoms with E-state index in [1.165, 1.54) is 10.4 Å². The molecule has 0 aliphatic carbocycles. The molecule has 2 aromatic carbocycles. The fourth-order valence-electron chi connectivity index (χ4n) is 2.99. The predicted octanol–water partition coefficient (Wildman–Crippen LogP) is 3.14. The predicted molar refractivity (Wildman–Crippen MR) is 101 cm³/mol. The zero-order valence-corrected chi connectivity index (χ0v) is 14.3. The van der Waals surface area contributed by atoms with Gasteiger partial charge in [-0.15, -0.1) is 0 Å². The summed E-state index contributed by atoms with van der Waals surface area (Å²) < 4.78 is 6.59. The summed E-state index contributed by atoms with van der Waals surface area (Å²) in [6.07, 6.45) is 0.796. The zero-order chi connectivity index (χ0) is 15.3. The molecule has 22 heavy (non-hydrogen) atoms. The van der Waals surface area contributed by atoms with Crippen molar-refractivity contribution in [2.24, 2.45) is 0 Å². The Kier molecular flexibility index (Phi) is 7.16. The van der Waals surface area contributed by atoms with Crippen molar-refractivity contribution in [1.82, 2.24) is 0 Å². The van der Waals surface area contributed by atoms with Crippen LogP contribution in [0.1, 0.15) is 27.2 Å². The van der Waals surface area contributed by atoms with Crippen LogP contribution >= 0.6 is 0 Å². The Morgan fingerprint density at radius 1 is 0.864 bits per heavy atom. The third kappa shape index (κ3) is 3.75. The molecular formula is C19H26LiOSi. The zero-order valence-electron chi connectivity index (χ0n) is 13.3. The monoisotopic (exact) mass is 305 g/mol. The summed E-state index contributed by atoms with van der Waals surface area (Å²) in [6, 6.07) is 21.4. The molecule has 0 aromatic heterocycles. The second kappa shape index (κ2) is 8.17. The van der Waals surface area contributed by atoms with Gasteiger partial charge in [-0.3, -0.25) is 0 Å². The van der Waals surface area contributed by atoms with E-state index in [0.717, 1.165) is 6.42 Å². The summed E-state index contributed by atoms with van der Waals surface area (Å²) in [5.74, 6) is 0.